The number of para-hydroxylation sites is 1. The minimum absolute atomic E-state index is 0.374. The fraction of sp³-hybridized carbons (Fsp3) is 0.133. The molecule has 0 aromatic heterocycles. The summed E-state index contributed by atoms with van der Waals surface area (Å²) < 4.78 is 37.6. The SMILES string of the molecule is NC(=O)C(Nc1ccccc1)c1ccc(C(F)(F)F)cc1. The average Bonchev–Trinajstić information content (AvgIpc) is 2.45. The number of carbonyl (C=O) groups excluding carboxylic acids is 1. The van der Waals surface area contributed by atoms with Crippen molar-refractivity contribution in [3.8, 4) is 0 Å². The summed E-state index contributed by atoms with van der Waals surface area (Å²) in [6.07, 6.45) is -4.41. The molecule has 1 unspecified atom stereocenters. The molecule has 3 nitrogen and oxygen atoms in total. The van der Waals surface area contributed by atoms with Crippen LogP contribution in [0.1, 0.15) is 17.2 Å². The second-order valence-corrected chi connectivity index (χ2v) is 4.47. The highest BCUT2D eigenvalue weighted by Gasteiger charge is 2.30. The first kappa shape index (κ1) is 14.9. The van der Waals surface area contributed by atoms with Crippen LogP contribution in [0.5, 0.6) is 0 Å². The lowest BCUT2D eigenvalue weighted by Crippen LogP contribution is -2.27. The van der Waals surface area contributed by atoms with Gasteiger partial charge in [-0.2, -0.15) is 13.2 Å². The van der Waals surface area contributed by atoms with E-state index < -0.39 is 23.7 Å². The highest BCUT2D eigenvalue weighted by atomic mass is 19.4. The van der Waals surface area contributed by atoms with Crippen molar-refractivity contribution in [2.24, 2.45) is 5.73 Å². The number of hydrogen-bond donors (Lipinski definition) is 2. The molecule has 2 rings (SSSR count). The molecule has 21 heavy (non-hydrogen) atoms. The molecule has 0 aliphatic rings. The number of anilines is 1. The van der Waals surface area contributed by atoms with Crippen LogP contribution in [-0.4, -0.2) is 5.91 Å². The maximum absolute atomic E-state index is 12.5. The molecule has 2 aromatic carbocycles. The highest BCUT2D eigenvalue weighted by molar-refractivity contribution is 5.84. The van der Waals surface area contributed by atoms with Crippen molar-refractivity contribution in [2.75, 3.05) is 5.32 Å². The van der Waals surface area contributed by atoms with E-state index in [1.54, 1.807) is 24.3 Å². The molecule has 6 heteroatoms. The Bertz CT molecular complexity index is 609. The predicted octanol–water partition coefficient (Wildman–Crippen LogP) is 3.34. The summed E-state index contributed by atoms with van der Waals surface area (Å²) in [5.74, 6) is -0.668. The Kier molecular flexibility index (Phi) is 4.16. The number of nitrogens with one attached hydrogen (secondary N) is 1. The third-order valence-corrected chi connectivity index (χ3v) is 2.94. The molecule has 2 aromatic rings. The standard InChI is InChI=1S/C15H13F3N2O/c16-15(17,18)11-8-6-10(7-9-11)13(14(19)21)20-12-4-2-1-3-5-12/h1-9,13,20H,(H2,19,21). The summed E-state index contributed by atoms with van der Waals surface area (Å²) in [6, 6.07) is 12.3. The number of primary amides is 1. The van der Waals surface area contributed by atoms with Crippen molar-refractivity contribution >= 4 is 11.6 Å². The van der Waals surface area contributed by atoms with Crippen LogP contribution in [0.4, 0.5) is 18.9 Å². The van der Waals surface area contributed by atoms with Gasteiger partial charge < -0.3 is 11.1 Å². The van der Waals surface area contributed by atoms with E-state index in [1.807, 2.05) is 6.07 Å². The zero-order valence-corrected chi connectivity index (χ0v) is 10.9. The van der Waals surface area contributed by atoms with Gasteiger partial charge in [-0.3, -0.25) is 4.79 Å². The molecule has 3 N–H and O–H groups in total. The van der Waals surface area contributed by atoms with Gasteiger partial charge in [-0.05, 0) is 29.8 Å². The first-order valence-electron chi connectivity index (χ1n) is 6.16. The zero-order valence-electron chi connectivity index (χ0n) is 10.9. The molecule has 0 bridgehead atoms. The Morgan fingerprint density at radius 2 is 1.57 bits per heavy atom. The molecule has 110 valence electrons. The second kappa shape index (κ2) is 5.87. The van der Waals surface area contributed by atoms with Crippen molar-refractivity contribution in [3.05, 3.63) is 65.7 Å². The Morgan fingerprint density at radius 3 is 2.05 bits per heavy atom. The van der Waals surface area contributed by atoms with Crippen molar-refractivity contribution in [3.63, 3.8) is 0 Å². The van der Waals surface area contributed by atoms with Crippen molar-refractivity contribution in [1.82, 2.24) is 0 Å². The van der Waals surface area contributed by atoms with Crippen molar-refractivity contribution in [1.29, 1.82) is 0 Å². The topological polar surface area (TPSA) is 55.1 Å². The summed E-state index contributed by atoms with van der Waals surface area (Å²) in [5.41, 5.74) is 5.58. The maximum atomic E-state index is 12.5. The van der Waals surface area contributed by atoms with Crippen LogP contribution in [0.25, 0.3) is 0 Å². The van der Waals surface area contributed by atoms with E-state index in [-0.39, 0.29) is 0 Å². The monoisotopic (exact) mass is 294 g/mol. The predicted molar refractivity (Wildman–Crippen MR) is 73.4 cm³/mol. The Morgan fingerprint density at radius 1 is 1.00 bits per heavy atom. The Labute approximate surface area is 119 Å². The fourth-order valence-corrected chi connectivity index (χ4v) is 1.88. The molecule has 1 amide bonds. The number of halogens is 3. The maximum Gasteiger partial charge on any atom is 0.416 e. The molecular formula is C15H13F3N2O. The molecule has 0 saturated carbocycles. The first-order valence-corrected chi connectivity index (χ1v) is 6.16. The van der Waals surface area contributed by atoms with Crippen LogP contribution < -0.4 is 11.1 Å². The van der Waals surface area contributed by atoms with Gasteiger partial charge >= 0.3 is 6.18 Å². The van der Waals surface area contributed by atoms with Crippen LogP contribution in [0.2, 0.25) is 0 Å². The largest absolute Gasteiger partial charge is 0.416 e. The molecule has 0 heterocycles. The quantitative estimate of drug-likeness (QED) is 0.908. The van der Waals surface area contributed by atoms with Gasteiger partial charge in [0, 0.05) is 5.69 Å². The molecular weight excluding hydrogens is 281 g/mol. The smallest absolute Gasteiger partial charge is 0.370 e. The molecule has 0 spiro atoms. The number of rotatable bonds is 4. The molecule has 0 fully saturated rings. The third-order valence-electron chi connectivity index (χ3n) is 2.94. The number of amides is 1. The van der Waals surface area contributed by atoms with E-state index in [1.165, 1.54) is 12.1 Å². The van der Waals surface area contributed by atoms with Crippen LogP contribution in [0.3, 0.4) is 0 Å². The molecule has 0 radical (unpaired) electrons. The summed E-state index contributed by atoms with van der Waals surface area (Å²) in [7, 11) is 0. The molecule has 0 aliphatic heterocycles. The van der Waals surface area contributed by atoms with Gasteiger partial charge in [-0.1, -0.05) is 30.3 Å². The van der Waals surface area contributed by atoms with Gasteiger partial charge in [0.2, 0.25) is 5.91 Å². The summed E-state index contributed by atoms with van der Waals surface area (Å²) in [4.78, 5) is 11.5. The second-order valence-electron chi connectivity index (χ2n) is 4.47. The van der Waals surface area contributed by atoms with Crippen LogP contribution in [0, 0.1) is 0 Å². The highest BCUT2D eigenvalue weighted by Crippen LogP contribution is 2.30. The fourth-order valence-electron chi connectivity index (χ4n) is 1.88. The van der Waals surface area contributed by atoms with E-state index in [4.69, 9.17) is 5.73 Å². The van der Waals surface area contributed by atoms with Gasteiger partial charge in [0.15, 0.2) is 0 Å². The Hall–Kier alpha value is -2.50. The molecule has 1 atom stereocenters. The number of nitrogens with two attached hydrogens (primary N) is 1. The van der Waals surface area contributed by atoms with Gasteiger partial charge in [-0.15, -0.1) is 0 Å². The van der Waals surface area contributed by atoms with Gasteiger partial charge in [0.25, 0.3) is 0 Å². The summed E-state index contributed by atoms with van der Waals surface area (Å²) in [5, 5.41) is 2.90. The van der Waals surface area contributed by atoms with E-state index in [0.29, 0.717) is 11.3 Å². The third kappa shape index (κ3) is 3.75. The lowest BCUT2D eigenvalue weighted by atomic mass is 10.0. The van der Waals surface area contributed by atoms with Crippen molar-refractivity contribution < 1.29 is 18.0 Å². The van der Waals surface area contributed by atoms with E-state index in [2.05, 4.69) is 5.32 Å². The van der Waals surface area contributed by atoms with E-state index in [9.17, 15) is 18.0 Å². The van der Waals surface area contributed by atoms with Gasteiger partial charge in [-0.25, -0.2) is 0 Å². The minimum atomic E-state index is -4.41. The molecule has 0 aliphatic carbocycles. The summed E-state index contributed by atoms with van der Waals surface area (Å²) >= 11 is 0. The zero-order chi connectivity index (χ0) is 15.5. The van der Waals surface area contributed by atoms with Crippen LogP contribution >= 0.6 is 0 Å². The first-order chi connectivity index (χ1) is 9.88. The normalized spacial score (nSPS) is 12.7. The van der Waals surface area contributed by atoms with Gasteiger partial charge in [0.05, 0.1) is 5.56 Å². The Balaban J connectivity index is 2.25. The van der Waals surface area contributed by atoms with E-state index in [0.717, 1.165) is 12.1 Å². The van der Waals surface area contributed by atoms with Crippen LogP contribution in [0.15, 0.2) is 54.6 Å². The lowest BCUT2D eigenvalue weighted by Gasteiger charge is -2.18. The number of hydrogen-bond acceptors (Lipinski definition) is 2. The van der Waals surface area contributed by atoms with Crippen molar-refractivity contribution in [2.45, 2.75) is 12.2 Å². The lowest BCUT2D eigenvalue weighted by molar-refractivity contribution is -0.137. The minimum Gasteiger partial charge on any atom is -0.370 e. The van der Waals surface area contributed by atoms with Gasteiger partial charge in [0.1, 0.15) is 6.04 Å². The number of alkyl halides is 3. The number of benzene rings is 2. The van der Waals surface area contributed by atoms with Crippen LogP contribution in [-0.2, 0) is 11.0 Å². The molecule has 0 saturated heterocycles. The summed E-state index contributed by atoms with van der Waals surface area (Å²) in [6.45, 7) is 0. The average molecular weight is 294 g/mol. The van der Waals surface area contributed by atoms with E-state index >= 15 is 0 Å². The number of carbonyl (C=O) groups is 1.